The maximum Gasteiger partial charge on any atom is 0.257 e. The molecule has 6 rings (SSSR count). The third-order valence-corrected chi connectivity index (χ3v) is 5.27. The Morgan fingerprint density at radius 3 is 2.13 bits per heavy atom. The number of rotatable bonds is 2. The number of hydroxylamine groups is 1. The molecule has 3 atom stereocenters. The third-order valence-electron chi connectivity index (χ3n) is 5.27. The lowest BCUT2D eigenvalue weighted by Crippen LogP contribution is -2.65. The molecule has 2 bridgehead atoms. The Morgan fingerprint density at radius 1 is 0.800 bits per heavy atom. The van der Waals surface area contributed by atoms with Gasteiger partial charge in [-0.2, -0.15) is 0 Å². The van der Waals surface area contributed by atoms with Gasteiger partial charge in [-0.25, -0.2) is 9.90 Å². The van der Waals surface area contributed by atoms with Crippen molar-refractivity contribution < 1.29 is 9.63 Å². The van der Waals surface area contributed by atoms with Crippen LogP contribution in [0.5, 0.6) is 0 Å². The Morgan fingerprint density at radius 2 is 1.43 bits per heavy atom. The molecule has 3 aromatic carbocycles. The Kier molecular flexibility index (Phi) is 4.80. The van der Waals surface area contributed by atoms with Crippen LogP contribution in [0.15, 0.2) is 103 Å². The molecule has 0 saturated carbocycles. The number of fused-ring (bicyclic) bond motifs is 2. The highest BCUT2D eigenvalue weighted by atomic mass is 16.7. The first-order valence-electron chi connectivity index (χ1n) is 9.95. The zero-order valence-electron chi connectivity index (χ0n) is 16.3. The molecule has 0 spiro atoms. The second kappa shape index (κ2) is 7.90. The summed E-state index contributed by atoms with van der Waals surface area (Å²) in [5, 5.41) is 1.86. The summed E-state index contributed by atoms with van der Waals surface area (Å²) in [4.78, 5) is 21.3. The summed E-state index contributed by atoms with van der Waals surface area (Å²) in [5.74, 6) is 6.51. The zero-order chi connectivity index (χ0) is 20.3. The topological polar surface area (TPSA) is 32.8 Å². The molecule has 0 radical (unpaired) electrons. The molecule has 1 fully saturated rings. The fraction of sp³-hybridized carbons (Fsp3) is 0.115. The lowest BCUT2D eigenvalue weighted by Gasteiger charge is -2.51. The highest BCUT2D eigenvalue weighted by Crippen LogP contribution is 2.34. The average molecular weight is 392 g/mol. The van der Waals surface area contributed by atoms with Crippen LogP contribution in [0.3, 0.4) is 0 Å². The second-order valence-corrected chi connectivity index (χ2v) is 7.19. The van der Waals surface area contributed by atoms with Crippen molar-refractivity contribution in [2.45, 2.75) is 18.3 Å². The number of carbonyl (C=O) groups is 1. The molecular weight excluding hydrogens is 372 g/mol. The van der Waals surface area contributed by atoms with E-state index in [4.69, 9.17) is 4.84 Å². The van der Waals surface area contributed by atoms with E-state index in [1.54, 1.807) is 4.90 Å². The van der Waals surface area contributed by atoms with Crippen LogP contribution in [0.1, 0.15) is 15.9 Å². The number of anilines is 1. The van der Waals surface area contributed by atoms with Crippen LogP contribution in [0, 0.1) is 11.8 Å². The fourth-order valence-corrected chi connectivity index (χ4v) is 3.82. The molecule has 1 amide bonds. The van der Waals surface area contributed by atoms with Crippen molar-refractivity contribution in [2.24, 2.45) is 0 Å². The Balaban J connectivity index is 1.55. The number of amides is 1. The number of para-hydroxylation sites is 1. The summed E-state index contributed by atoms with van der Waals surface area (Å²) in [6.07, 6.45) is 3.50. The number of hydrogen-bond acceptors (Lipinski definition) is 3. The average Bonchev–Trinajstić information content (AvgIpc) is 2.84. The monoisotopic (exact) mass is 392 g/mol. The van der Waals surface area contributed by atoms with Crippen LogP contribution < -0.4 is 5.06 Å². The molecule has 1 saturated heterocycles. The van der Waals surface area contributed by atoms with Gasteiger partial charge in [0.2, 0.25) is 0 Å². The van der Waals surface area contributed by atoms with Crippen molar-refractivity contribution in [1.29, 1.82) is 0 Å². The van der Waals surface area contributed by atoms with Crippen LogP contribution in [0.2, 0.25) is 0 Å². The first-order valence-corrected chi connectivity index (χ1v) is 9.95. The first kappa shape index (κ1) is 18.2. The predicted octanol–water partition coefficient (Wildman–Crippen LogP) is 4.27. The van der Waals surface area contributed by atoms with E-state index in [9.17, 15) is 4.79 Å². The molecule has 4 heteroatoms. The summed E-state index contributed by atoms with van der Waals surface area (Å²) in [6.45, 7) is 0. The van der Waals surface area contributed by atoms with E-state index in [0.717, 1.165) is 11.3 Å². The van der Waals surface area contributed by atoms with Crippen molar-refractivity contribution in [2.75, 3.05) is 5.06 Å². The quantitative estimate of drug-likeness (QED) is 0.482. The van der Waals surface area contributed by atoms with E-state index in [2.05, 4.69) is 17.9 Å². The molecule has 4 nitrogen and oxygen atoms in total. The van der Waals surface area contributed by atoms with E-state index in [1.165, 1.54) is 0 Å². The highest BCUT2D eigenvalue weighted by Gasteiger charge is 2.46. The van der Waals surface area contributed by atoms with Crippen LogP contribution in [0.25, 0.3) is 0 Å². The van der Waals surface area contributed by atoms with Gasteiger partial charge in [-0.3, -0.25) is 9.69 Å². The molecule has 30 heavy (non-hydrogen) atoms. The molecule has 0 unspecified atom stereocenters. The summed E-state index contributed by atoms with van der Waals surface area (Å²) in [5.41, 5.74) is 2.48. The third kappa shape index (κ3) is 3.36. The molecular formula is C26H20N2O2. The van der Waals surface area contributed by atoms with Gasteiger partial charge in [0.15, 0.2) is 6.23 Å². The molecule has 0 aromatic heterocycles. The van der Waals surface area contributed by atoms with Crippen molar-refractivity contribution in [3.8, 4) is 11.8 Å². The highest BCUT2D eigenvalue weighted by molar-refractivity contribution is 5.95. The van der Waals surface area contributed by atoms with Gasteiger partial charge in [-0.1, -0.05) is 72.5 Å². The minimum Gasteiger partial charge on any atom is -0.291 e. The smallest absolute Gasteiger partial charge is 0.257 e. The van der Waals surface area contributed by atoms with Crippen molar-refractivity contribution in [3.63, 3.8) is 0 Å². The van der Waals surface area contributed by atoms with E-state index in [0.29, 0.717) is 5.56 Å². The lowest BCUT2D eigenvalue weighted by atomic mass is 9.97. The van der Waals surface area contributed by atoms with Gasteiger partial charge in [-0.15, -0.1) is 0 Å². The van der Waals surface area contributed by atoms with Crippen LogP contribution in [0.4, 0.5) is 5.69 Å². The normalized spacial score (nSPS) is 21.8. The largest absolute Gasteiger partial charge is 0.291 e. The van der Waals surface area contributed by atoms with Crippen LogP contribution >= 0.6 is 0 Å². The zero-order valence-corrected chi connectivity index (χ0v) is 16.3. The van der Waals surface area contributed by atoms with Gasteiger partial charge in [0.25, 0.3) is 5.91 Å². The SMILES string of the molecule is O=C(c1ccccc1)N1[C@H](C#Cc2ccccc2)[C@@H]2C=C[C@H]1ON2c1ccccc1. The van der Waals surface area contributed by atoms with Crippen LogP contribution in [-0.2, 0) is 4.84 Å². The van der Waals surface area contributed by atoms with Crippen molar-refractivity contribution in [3.05, 3.63) is 114 Å². The molecule has 3 heterocycles. The Hall–Kier alpha value is -3.81. The molecule has 0 aliphatic carbocycles. The molecule has 0 N–H and O–H groups in total. The summed E-state index contributed by atoms with van der Waals surface area (Å²) in [6, 6.07) is 28.5. The number of carbonyl (C=O) groups excluding carboxylic acids is 1. The fourth-order valence-electron chi connectivity index (χ4n) is 3.82. The Labute approximate surface area is 176 Å². The van der Waals surface area contributed by atoms with E-state index in [1.807, 2.05) is 102 Å². The lowest BCUT2D eigenvalue weighted by molar-refractivity contribution is -0.0941. The van der Waals surface area contributed by atoms with E-state index in [-0.39, 0.29) is 18.0 Å². The summed E-state index contributed by atoms with van der Waals surface area (Å²) >= 11 is 0. The van der Waals surface area contributed by atoms with Crippen LogP contribution in [-0.4, -0.2) is 29.1 Å². The van der Waals surface area contributed by atoms with Gasteiger partial charge in [0.1, 0.15) is 12.1 Å². The molecule has 146 valence electrons. The van der Waals surface area contributed by atoms with E-state index >= 15 is 0 Å². The van der Waals surface area contributed by atoms with Gasteiger partial charge in [-0.05, 0) is 42.5 Å². The number of benzene rings is 3. The van der Waals surface area contributed by atoms with Gasteiger partial charge in [0.05, 0.1) is 5.69 Å². The predicted molar refractivity (Wildman–Crippen MR) is 116 cm³/mol. The van der Waals surface area contributed by atoms with Gasteiger partial charge in [0, 0.05) is 11.1 Å². The van der Waals surface area contributed by atoms with Crippen molar-refractivity contribution >= 4 is 11.6 Å². The first-order chi connectivity index (χ1) is 14.8. The molecule has 3 aliphatic heterocycles. The van der Waals surface area contributed by atoms with Gasteiger partial charge >= 0.3 is 0 Å². The van der Waals surface area contributed by atoms with E-state index < -0.39 is 6.23 Å². The molecule has 3 aliphatic rings. The Bertz CT molecular complexity index is 1120. The standard InChI is InChI=1S/C26H20N2O2/c29-26(21-12-6-2-7-13-21)27-23(17-16-20-10-4-1-5-11-20)24-18-19-25(27)30-28(24)22-14-8-3-9-15-22/h1-15,18-19,23-25H/t23-,24+,25-/m1/s1. The summed E-state index contributed by atoms with van der Waals surface area (Å²) < 4.78 is 0. The van der Waals surface area contributed by atoms with Gasteiger partial charge < -0.3 is 0 Å². The molecule has 3 aromatic rings. The maximum atomic E-state index is 13.4. The second-order valence-electron chi connectivity index (χ2n) is 7.19. The maximum absolute atomic E-state index is 13.4. The minimum atomic E-state index is -0.516. The van der Waals surface area contributed by atoms with Crippen molar-refractivity contribution in [1.82, 2.24) is 4.90 Å². The number of nitrogens with zero attached hydrogens (tertiary/aromatic N) is 2. The minimum absolute atomic E-state index is 0.0879. The summed E-state index contributed by atoms with van der Waals surface area (Å²) in [7, 11) is 0. The number of hydrogen-bond donors (Lipinski definition) is 0.